The number of nitrogens with zero attached hydrogens (tertiary/aromatic N) is 1. The van der Waals surface area contributed by atoms with Gasteiger partial charge in [-0.1, -0.05) is 27.5 Å². The van der Waals surface area contributed by atoms with E-state index in [-0.39, 0.29) is 21.5 Å². The summed E-state index contributed by atoms with van der Waals surface area (Å²) in [4.78, 5) is 22.1. The molecule has 26 heavy (non-hydrogen) atoms. The number of halogens is 2. The number of nitrogens with one attached hydrogen (secondary N) is 1. The van der Waals surface area contributed by atoms with Crippen LogP contribution in [0.3, 0.4) is 0 Å². The lowest BCUT2D eigenvalue weighted by atomic mass is 10.3. The lowest BCUT2D eigenvalue weighted by Crippen LogP contribution is -2.36. The number of hydrogen-bond acceptors (Lipinski definition) is 4. The van der Waals surface area contributed by atoms with E-state index in [0.29, 0.717) is 10.2 Å². The molecule has 0 atom stereocenters. The smallest absolute Gasteiger partial charge is 0.324 e. The first-order chi connectivity index (χ1) is 12.1. The lowest BCUT2D eigenvalue weighted by Gasteiger charge is -2.24. The van der Waals surface area contributed by atoms with Crippen molar-refractivity contribution in [2.24, 2.45) is 0 Å². The molecule has 138 valence electrons. The maximum Gasteiger partial charge on any atom is 0.324 e. The van der Waals surface area contributed by atoms with Crippen molar-refractivity contribution in [3.8, 4) is 0 Å². The van der Waals surface area contributed by atoms with E-state index in [1.807, 2.05) is 0 Å². The van der Waals surface area contributed by atoms with E-state index in [1.54, 1.807) is 6.07 Å². The summed E-state index contributed by atoms with van der Waals surface area (Å²) < 4.78 is 27.2. The summed E-state index contributed by atoms with van der Waals surface area (Å²) in [6.07, 6.45) is 0. The summed E-state index contributed by atoms with van der Waals surface area (Å²) in [5, 5.41) is 11.7. The normalized spacial score (nSPS) is 11.0. The molecule has 0 radical (unpaired) electrons. The number of carboxylic acids is 1. The third-order valence-electron chi connectivity index (χ3n) is 3.22. The van der Waals surface area contributed by atoms with Crippen LogP contribution in [0.1, 0.15) is 6.92 Å². The van der Waals surface area contributed by atoms with Crippen molar-refractivity contribution < 1.29 is 23.1 Å². The van der Waals surface area contributed by atoms with Crippen molar-refractivity contribution in [2.45, 2.75) is 11.8 Å². The number of carbonyl (C=O) groups is 2. The average molecular weight is 462 g/mol. The van der Waals surface area contributed by atoms with E-state index in [9.17, 15) is 18.0 Å². The molecule has 0 fully saturated rings. The molecule has 2 N–H and O–H groups in total. The van der Waals surface area contributed by atoms with Crippen molar-refractivity contribution in [3.05, 3.63) is 52.0 Å². The van der Waals surface area contributed by atoms with Gasteiger partial charge in [-0.2, -0.15) is 0 Å². The van der Waals surface area contributed by atoms with Gasteiger partial charge in [-0.15, -0.1) is 0 Å². The van der Waals surface area contributed by atoms with Crippen LogP contribution in [0, 0.1) is 0 Å². The molecule has 10 heteroatoms. The molecule has 0 aromatic heterocycles. The third-order valence-corrected chi connectivity index (χ3v) is 5.79. The maximum atomic E-state index is 12.9. The van der Waals surface area contributed by atoms with Crippen molar-refractivity contribution in [1.82, 2.24) is 0 Å². The standard InChI is InChI=1S/C16H14BrClN2O5S/c1-10(21)19-12-3-5-13(6-4-12)26(24,25)20(9-16(22)23)15-7-2-11(17)8-14(15)18/h2-8H,9H2,1H3,(H,19,21)(H,22,23). The summed E-state index contributed by atoms with van der Waals surface area (Å²) in [6.45, 7) is 0.534. The quantitative estimate of drug-likeness (QED) is 0.687. The Hall–Kier alpha value is -2.10. The highest BCUT2D eigenvalue weighted by atomic mass is 79.9. The SMILES string of the molecule is CC(=O)Nc1ccc(S(=O)(=O)N(CC(=O)O)c2ccc(Br)cc2Cl)cc1. The Bertz CT molecular complexity index is 948. The van der Waals surface area contributed by atoms with Crippen LogP contribution in [0.15, 0.2) is 51.8 Å². The molecule has 0 aliphatic heterocycles. The van der Waals surface area contributed by atoms with E-state index in [0.717, 1.165) is 4.31 Å². The summed E-state index contributed by atoms with van der Waals surface area (Å²) >= 11 is 9.32. The van der Waals surface area contributed by atoms with Crippen LogP contribution in [0.4, 0.5) is 11.4 Å². The minimum absolute atomic E-state index is 0.0446. The Morgan fingerprint density at radius 1 is 1.19 bits per heavy atom. The molecular weight excluding hydrogens is 448 g/mol. The average Bonchev–Trinajstić information content (AvgIpc) is 2.53. The van der Waals surface area contributed by atoms with Crippen LogP contribution in [0.5, 0.6) is 0 Å². The maximum absolute atomic E-state index is 12.9. The van der Waals surface area contributed by atoms with E-state index < -0.39 is 22.5 Å². The van der Waals surface area contributed by atoms with Gasteiger partial charge in [0.25, 0.3) is 10.0 Å². The third kappa shape index (κ3) is 4.75. The topological polar surface area (TPSA) is 104 Å². The number of hydrogen-bond donors (Lipinski definition) is 2. The first-order valence-electron chi connectivity index (χ1n) is 7.18. The van der Waals surface area contributed by atoms with Gasteiger partial charge >= 0.3 is 5.97 Å². The molecule has 0 bridgehead atoms. The Labute approximate surface area is 163 Å². The fourth-order valence-electron chi connectivity index (χ4n) is 2.15. The van der Waals surface area contributed by atoms with Crippen molar-refractivity contribution >= 4 is 60.8 Å². The molecule has 0 saturated carbocycles. The summed E-state index contributed by atoms with van der Waals surface area (Å²) in [7, 11) is -4.19. The highest BCUT2D eigenvalue weighted by Crippen LogP contribution is 2.32. The Kier molecular flexibility index (Phi) is 6.27. The number of anilines is 2. The van der Waals surface area contributed by atoms with Crippen LogP contribution < -0.4 is 9.62 Å². The number of sulfonamides is 1. The Balaban J connectivity index is 2.49. The van der Waals surface area contributed by atoms with Crippen LogP contribution in [0.25, 0.3) is 0 Å². The summed E-state index contributed by atoms with van der Waals surface area (Å²) in [6, 6.07) is 9.84. The van der Waals surface area contributed by atoms with Gasteiger partial charge < -0.3 is 10.4 Å². The van der Waals surface area contributed by atoms with Gasteiger partial charge in [-0.05, 0) is 42.5 Å². The van der Waals surface area contributed by atoms with E-state index in [2.05, 4.69) is 21.2 Å². The zero-order chi connectivity index (χ0) is 19.5. The van der Waals surface area contributed by atoms with Gasteiger partial charge in [0.05, 0.1) is 15.6 Å². The monoisotopic (exact) mass is 460 g/mol. The molecule has 7 nitrogen and oxygen atoms in total. The highest BCUT2D eigenvalue weighted by Gasteiger charge is 2.28. The van der Waals surface area contributed by atoms with Crippen molar-refractivity contribution in [2.75, 3.05) is 16.2 Å². The molecule has 0 heterocycles. The molecule has 0 aliphatic rings. The summed E-state index contributed by atoms with van der Waals surface area (Å²) in [5.74, 6) is -1.63. The predicted octanol–water partition coefficient (Wildman–Crippen LogP) is 3.34. The van der Waals surface area contributed by atoms with E-state index in [4.69, 9.17) is 16.7 Å². The number of aliphatic carboxylic acids is 1. The molecule has 0 spiro atoms. The fraction of sp³-hybridized carbons (Fsp3) is 0.125. The van der Waals surface area contributed by atoms with Gasteiger partial charge in [-0.3, -0.25) is 13.9 Å². The van der Waals surface area contributed by atoms with Crippen LogP contribution in [-0.4, -0.2) is 31.9 Å². The highest BCUT2D eigenvalue weighted by molar-refractivity contribution is 9.10. The predicted molar refractivity (Wildman–Crippen MR) is 102 cm³/mol. The number of benzene rings is 2. The molecule has 2 rings (SSSR count). The zero-order valence-electron chi connectivity index (χ0n) is 13.4. The van der Waals surface area contributed by atoms with Gasteiger partial charge in [-0.25, -0.2) is 8.42 Å². The molecule has 0 aliphatic carbocycles. The Morgan fingerprint density at radius 2 is 1.81 bits per heavy atom. The van der Waals surface area contributed by atoms with Crippen LogP contribution in [0.2, 0.25) is 5.02 Å². The lowest BCUT2D eigenvalue weighted by molar-refractivity contribution is -0.135. The molecule has 0 saturated heterocycles. The Morgan fingerprint density at radius 3 is 2.31 bits per heavy atom. The summed E-state index contributed by atoms with van der Waals surface area (Å²) in [5.41, 5.74) is 0.464. The van der Waals surface area contributed by atoms with Gasteiger partial charge in [0, 0.05) is 17.1 Å². The number of carbonyl (C=O) groups excluding carboxylic acids is 1. The van der Waals surface area contributed by atoms with E-state index >= 15 is 0 Å². The minimum atomic E-state index is -4.19. The first kappa shape index (κ1) is 20.2. The number of carboxylic acid groups (broad SMARTS) is 1. The van der Waals surface area contributed by atoms with Gasteiger partial charge in [0.15, 0.2) is 0 Å². The fourth-order valence-corrected chi connectivity index (χ4v) is 4.41. The molecule has 0 unspecified atom stereocenters. The second kappa shape index (κ2) is 8.07. The molecular formula is C16H14BrClN2O5S. The van der Waals surface area contributed by atoms with Gasteiger partial charge in [0.2, 0.25) is 5.91 Å². The molecule has 2 aromatic rings. The van der Waals surface area contributed by atoms with Crippen molar-refractivity contribution in [1.29, 1.82) is 0 Å². The zero-order valence-corrected chi connectivity index (χ0v) is 16.6. The number of amides is 1. The largest absolute Gasteiger partial charge is 0.480 e. The molecule has 2 aromatic carbocycles. The number of rotatable bonds is 6. The minimum Gasteiger partial charge on any atom is -0.480 e. The first-order valence-corrected chi connectivity index (χ1v) is 9.79. The van der Waals surface area contributed by atoms with Crippen molar-refractivity contribution in [3.63, 3.8) is 0 Å². The second-order valence-corrected chi connectivity index (χ2v) is 8.39. The van der Waals surface area contributed by atoms with Crippen LogP contribution >= 0.6 is 27.5 Å². The van der Waals surface area contributed by atoms with Crippen LogP contribution in [-0.2, 0) is 19.6 Å². The van der Waals surface area contributed by atoms with E-state index in [1.165, 1.54) is 43.3 Å². The van der Waals surface area contributed by atoms with Gasteiger partial charge in [0.1, 0.15) is 6.54 Å². The molecule has 1 amide bonds. The second-order valence-electron chi connectivity index (χ2n) is 5.21.